The third kappa shape index (κ3) is 41.3. The van der Waals surface area contributed by atoms with Crippen molar-refractivity contribution in [3.05, 3.63) is 24.3 Å². The van der Waals surface area contributed by atoms with Gasteiger partial charge in [-0.3, -0.25) is 14.1 Å². The number of unbranched alkanes of at least 4 members (excludes halogenated alkanes) is 26. The lowest BCUT2D eigenvalue weighted by Gasteiger charge is -2.18. The highest BCUT2D eigenvalue weighted by molar-refractivity contribution is 7.46. The van der Waals surface area contributed by atoms with Crippen LogP contribution >= 0.6 is 7.82 Å². The van der Waals surface area contributed by atoms with Crippen molar-refractivity contribution >= 4 is 19.8 Å². The van der Waals surface area contributed by atoms with Crippen molar-refractivity contribution in [1.29, 1.82) is 0 Å². The molecule has 2 N–H and O–H groups in total. The van der Waals surface area contributed by atoms with Gasteiger partial charge in [0, 0.05) is 12.8 Å². The van der Waals surface area contributed by atoms with Gasteiger partial charge in [-0.15, -0.1) is 0 Å². The second kappa shape index (κ2) is 39.2. The van der Waals surface area contributed by atoms with Crippen LogP contribution in [0.15, 0.2) is 24.3 Å². The van der Waals surface area contributed by atoms with Crippen LogP contribution in [0.3, 0.4) is 0 Å². The monoisotopic (exact) mass is 757 g/mol. The molecule has 0 aromatic carbocycles. The molecule has 8 nitrogen and oxygen atoms in total. The standard InChI is InChI=1S/C43H81O8P/c1-3-5-7-9-11-13-15-17-19-21-22-24-26-28-30-32-34-36-38-43(45)51-41(40-50-52(46,47)48)39-49-42(44)37-35-33-31-29-27-25-23-20-18-16-14-12-10-8-6-4-2/h19-21,23,41H,3-18,22,24-40H2,1-2H3,(H2,46,47,48)/b21-19-,23-20-. The predicted molar refractivity (Wildman–Crippen MR) is 216 cm³/mol. The lowest BCUT2D eigenvalue weighted by atomic mass is 10.1. The minimum atomic E-state index is -4.75. The molecule has 0 amide bonds. The van der Waals surface area contributed by atoms with Crippen LogP contribution < -0.4 is 0 Å². The number of hydrogen-bond donors (Lipinski definition) is 2. The quantitative estimate of drug-likeness (QED) is 0.0274. The summed E-state index contributed by atoms with van der Waals surface area (Å²) in [4.78, 5) is 42.9. The van der Waals surface area contributed by atoms with Crippen LogP contribution in [0.25, 0.3) is 0 Å². The summed E-state index contributed by atoms with van der Waals surface area (Å²) in [6.45, 7) is 3.69. The molecule has 0 aromatic rings. The van der Waals surface area contributed by atoms with Crippen LogP contribution in [-0.2, 0) is 28.2 Å². The van der Waals surface area contributed by atoms with Crippen LogP contribution in [-0.4, -0.2) is 41.0 Å². The van der Waals surface area contributed by atoms with Crippen LogP contribution in [0.5, 0.6) is 0 Å². The summed E-state index contributed by atoms with van der Waals surface area (Å²) < 4.78 is 26.4. The fraction of sp³-hybridized carbons (Fsp3) is 0.860. The Morgan fingerprint density at radius 2 is 0.808 bits per heavy atom. The zero-order valence-corrected chi connectivity index (χ0v) is 34.6. The first-order valence-electron chi connectivity index (χ1n) is 21.6. The molecule has 0 aromatic heterocycles. The Morgan fingerprint density at radius 3 is 1.17 bits per heavy atom. The Bertz CT molecular complexity index is 900. The van der Waals surface area contributed by atoms with Gasteiger partial charge in [0.1, 0.15) is 6.61 Å². The number of esters is 2. The first kappa shape index (κ1) is 50.5. The van der Waals surface area contributed by atoms with E-state index in [-0.39, 0.29) is 19.4 Å². The molecule has 0 aliphatic heterocycles. The largest absolute Gasteiger partial charge is 0.469 e. The molecule has 1 unspecified atom stereocenters. The maximum absolute atomic E-state index is 12.4. The van der Waals surface area contributed by atoms with Gasteiger partial charge in [-0.25, -0.2) is 4.57 Å². The molecule has 1 atom stereocenters. The number of carbonyl (C=O) groups excluding carboxylic acids is 2. The zero-order valence-electron chi connectivity index (χ0n) is 33.7. The Hall–Kier alpha value is -1.47. The van der Waals surface area contributed by atoms with Gasteiger partial charge in [0.2, 0.25) is 0 Å². The lowest BCUT2D eigenvalue weighted by Crippen LogP contribution is -2.29. The van der Waals surface area contributed by atoms with E-state index in [2.05, 4.69) is 42.7 Å². The fourth-order valence-electron chi connectivity index (χ4n) is 6.19. The number of allylic oxidation sites excluding steroid dienone is 4. The second-order valence-corrected chi connectivity index (χ2v) is 15.9. The molecule has 0 rings (SSSR count). The topological polar surface area (TPSA) is 119 Å². The van der Waals surface area contributed by atoms with Crippen molar-refractivity contribution in [2.75, 3.05) is 13.2 Å². The molecule has 0 spiro atoms. The highest BCUT2D eigenvalue weighted by Crippen LogP contribution is 2.36. The molecule has 306 valence electrons. The van der Waals surface area contributed by atoms with Crippen LogP contribution in [0.1, 0.15) is 219 Å². The first-order chi connectivity index (χ1) is 25.3. The summed E-state index contributed by atoms with van der Waals surface area (Å²) in [5.41, 5.74) is 0. The lowest BCUT2D eigenvalue weighted by molar-refractivity contribution is -0.161. The molecule has 0 radical (unpaired) electrons. The molecule has 0 fully saturated rings. The summed E-state index contributed by atoms with van der Waals surface area (Å²) in [7, 11) is -4.75. The summed E-state index contributed by atoms with van der Waals surface area (Å²) in [6.07, 6.45) is 44.7. The smallest absolute Gasteiger partial charge is 0.462 e. The maximum atomic E-state index is 12.4. The first-order valence-corrected chi connectivity index (χ1v) is 23.2. The van der Waals surface area contributed by atoms with E-state index in [0.29, 0.717) is 12.8 Å². The van der Waals surface area contributed by atoms with Gasteiger partial charge < -0.3 is 19.3 Å². The summed E-state index contributed by atoms with van der Waals surface area (Å²) in [5.74, 6) is -0.892. The van der Waals surface area contributed by atoms with Gasteiger partial charge >= 0.3 is 19.8 Å². The van der Waals surface area contributed by atoms with E-state index in [1.165, 1.54) is 122 Å². The normalized spacial score (nSPS) is 12.6. The number of rotatable bonds is 40. The van der Waals surface area contributed by atoms with Gasteiger partial charge in [-0.2, -0.15) is 0 Å². The highest BCUT2D eigenvalue weighted by Gasteiger charge is 2.22. The third-order valence-electron chi connectivity index (χ3n) is 9.44. The third-order valence-corrected chi connectivity index (χ3v) is 9.93. The van der Waals surface area contributed by atoms with Gasteiger partial charge in [0.15, 0.2) is 6.10 Å². The van der Waals surface area contributed by atoms with Crippen LogP contribution in [0, 0.1) is 0 Å². The van der Waals surface area contributed by atoms with Crippen molar-refractivity contribution in [2.24, 2.45) is 0 Å². The Labute approximate surface area is 319 Å². The van der Waals surface area contributed by atoms with Crippen LogP contribution in [0.4, 0.5) is 0 Å². The average molecular weight is 757 g/mol. The van der Waals surface area contributed by atoms with E-state index in [0.717, 1.165) is 57.8 Å². The molecule has 9 heteroatoms. The molecular weight excluding hydrogens is 675 g/mol. The summed E-state index contributed by atoms with van der Waals surface area (Å²) in [5, 5.41) is 0. The van der Waals surface area contributed by atoms with Gasteiger partial charge in [-0.05, 0) is 64.2 Å². The van der Waals surface area contributed by atoms with Crippen molar-refractivity contribution in [3.8, 4) is 0 Å². The highest BCUT2D eigenvalue weighted by atomic mass is 31.2. The number of hydrogen-bond acceptors (Lipinski definition) is 6. The van der Waals surface area contributed by atoms with Crippen molar-refractivity contribution in [3.63, 3.8) is 0 Å². The number of phosphoric ester groups is 1. The van der Waals surface area contributed by atoms with E-state index >= 15 is 0 Å². The number of phosphoric acid groups is 1. The Kier molecular flexibility index (Phi) is 38.1. The summed E-state index contributed by atoms with van der Waals surface area (Å²) in [6, 6.07) is 0. The van der Waals surface area contributed by atoms with Crippen LogP contribution in [0.2, 0.25) is 0 Å². The maximum Gasteiger partial charge on any atom is 0.469 e. The Balaban J connectivity index is 3.91. The summed E-state index contributed by atoms with van der Waals surface area (Å²) >= 11 is 0. The molecule has 0 aliphatic carbocycles. The molecule has 52 heavy (non-hydrogen) atoms. The minimum Gasteiger partial charge on any atom is -0.462 e. The molecule has 0 saturated heterocycles. The molecule has 0 bridgehead atoms. The zero-order chi connectivity index (χ0) is 38.2. The van der Waals surface area contributed by atoms with E-state index in [1.807, 2.05) is 0 Å². The SMILES string of the molecule is CCCCCCCCC/C=C\CCCCCCCCCC(=O)OC(COC(=O)CCCCCCC/C=C\CCCCCCCCC)COP(=O)(O)O. The minimum absolute atomic E-state index is 0.207. The van der Waals surface area contributed by atoms with E-state index in [1.54, 1.807) is 0 Å². The van der Waals surface area contributed by atoms with Gasteiger partial charge in [0.05, 0.1) is 6.61 Å². The van der Waals surface area contributed by atoms with Gasteiger partial charge in [0.25, 0.3) is 0 Å². The van der Waals surface area contributed by atoms with Crippen molar-refractivity contribution < 1.29 is 37.9 Å². The van der Waals surface area contributed by atoms with E-state index in [4.69, 9.17) is 19.3 Å². The molecular formula is C43H81O8P. The second-order valence-electron chi connectivity index (χ2n) is 14.7. The van der Waals surface area contributed by atoms with E-state index < -0.39 is 32.5 Å². The van der Waals surface area contributed by atoms with Crippen molar-refractivity contribution in [2.45, 2.75) is 225 Å². The van der Waals surface area contributed by atoms with E-state index in [9.17, 15) is 14.2 Å². The molecule has 0 aliphatic rings. The van der Waals surface area contributed by atoms with Gasteiger partial charge in [-0.1, -0.05) is 167 Å². The molecule has 0 saturated carbocycles. The average Bonchev–Trinajstić information content (AvgIpc) is 3.11. The van der Waals surface area contributed by atoms with Crippen molar-refractivity contribution in [1.82, 2.24) is 0 Å². The predicted octanol–water partition coefficient (Wildman–Crippen LogP) is 13.2. The number of carbonyl (C=O) groups is 2. The fourth-order valence-corrected chi connectivity index (χ4v) is 6.55. The number of ether oxygens (including phenoxy) is 2. The molecule has 0 heterocycles. The Morgan fingerprint density at radius 1 is 0.481 bits per heavy atom.